The van der Waals surface area contributed by atoms with Crippen molar-refractivity contribution in [3.05, 3.63) is 70.9 Å². The summed E-state index contributed by atoms with van der Waals surface area (Å²) < 4.78 is 23.9. The average molecular weight is 825 g/mol. The SMILES string of the molecule is CC[C@]1(O)C[C@@H]2CN(CCc3c([nH]c4ccccc34)C[C@@](C(=O)OC)(c3cc4c(cc3OC)N(C)[C@H]3[C@@](O)(C(=O)OC)[C@H](OC(C)=O)[C@]5(CC)C=CCN6CC[C@]43[C@@H]65)C2)C1. The Morgan fingerprint density at radius 3 is 2.42 bits per heavy atom. The minimum atomic E-state index is -2.29. The minimum absolute atomic E-state index is 0.0675. The van der Waals surface area contributed by atoms with Crippen molar-refractivity contribution in [1.82, 2.24) is 14.8 Å². The molecule has 13 heteroatoms. The second-order valence-corrected chi connectivity index (χ2v) is 18.7. The number of carbonyl (C=O) groups is 3. The van der Waals surface area contributed by atoms with Crippen LogP contribution in [0.5, 0.6) is 5.75 Å². The number of nitrogens with zero attached hydrogens (tertiary/aromatic N) is 3. The molecule has 10 atom stereocenters. The number of H-pyrrole nitrogens is 1. The van der Waals surface area contributed by atoms with Gasteiger partial charge in [0.2, 0.25) is 5.60 Å². The number of aromatic nitrogens is 1. The lowest BCUT2D eigenvalue weighted by Crippen LogP contribution is -2.81. The molecule has 1 spiro atoms. The van der Waals surface area contributed by atoms with Crippen LogP contribution in [0.2, 0.25) is 0 Å². The summed E-state index contributed by atoms with van der Waals surface area (Å²) in [6.07, 6.45) is 6.44. The number of carbonyl (C=O) groups excluding carboxylic acids is 3. The van der Waals surface area contributed by atoms with Crippen molar-refractivity contribution in [2.75, 3.05) is 66.0 Å². The van der Waals surface area contributed by atoms with Gasteiger partial charge < -0.3 is 39.0 Å². The molecule has 3 fully saturated rings. The molecule has 5 aliphatic heterocycles. The van der Waals surface area contributed by atoms with Gasteiger partial charge in [-0.05, 0) is 74.2 Å². The molecule has 3 N–H and O–H groups in total. The molecule has 322 valence electrons. The lowest BCUT2D eigenvalue weighted by atomic mass is 9.47. The average Bonchev–Trinajstić information content (AvgIpc) is 3.89. The molecular formula is C47H60N4O9. The highest BCUT2D eigenvalue weighted by molar-refractivity contribution is 5.90. The van der Waals surface area contributed by atoms with Crippen LogP contribution in [0.3, 0.4) is 0 Å². The Hall–Kier alpha value is -4.43. The molecule has 6 heterocycles. The van der Waals surface area contributed by atoms with Gasteiger partial charge in [0.25, 0.3) is 0 Å². The molecule has 2 aromatic carbocycles. The minimum Gasteiger partial charge on any atom is -0.496 e. The maximum absolute atomic E-state index is 15.2. The quantitative estimate of drug-likeness (QED) is 0.178. The molecular weight excluding hydrogens is 765 g/mol. The van der Waals surface area contributed by atoms with Crippen molar-refractivity contribution in [3.63, 3.8) is 0 Å². The molecule has 1 aromatic heterocycles. The van der Waals surface area contributed by atoms with E-state index in [0.29, 0.717) is 76.0 Å². The number of methoxy groups -OCH3 is 3. The van der Waals surface area contributed by atoms with E-state index in [1.165, 1.54) is 21.1 Å². The van der Waals surface area contributed by atoms with Crippen LogP contribution in [0.25, 0.3) is 10.9 Å². The lowest BCUT2D eigenvalue weighted by Gasteiger charge is -2.63. The highest BCUT2D eigenvalue weighted by Crippen LogP contribution is 2.68. The monoisotopic (exact) mass is 824 g/mol. The third-order valence-electron chi connectivity index (χ3n) is 15.9. The van der Waals surface area contributed by atoms with Crippen LogP contribution in [0.4, 0.5) is 5.69 Å². The molecule has 1 saturated carbocycles. The summed E-state index contributed by atoms with van der Waals surface area (Å²) in [5, 5.41) is 26.5. The first-order chi connectivity index (χ1) is 28.7. The number of fused-ring (bicyclic) bond motifs is 6. The normalized spacial score (nSPS) is 36.8. The smallest absolute Gasteiger partial charge is 0.344 e. The molecule has 3 aromatic rings. The number of ether oxygens (including phenoxy) is 4. The zero-order valence-electron chi connectivity index (χ0n) is 36.0. The number of hydrogen-bond acceptors (Lipinski definition) is 12. The van der Waals surface area contributed by atoms with Gasteiger partial charge in [0.1, 0.15) is 11.2 Å². The zero-order valence-corrected chi connectivity index (χ0v) is 36.0. The van der Waals surface area contributed by atoms with Crippen molar-refractivity contribution < 1.29 is 43.5 Å². The predicted octanol–water partition coefficient (Wildman–Crippen LogP) is 4.19. The summed E-state index contributed by atoms with van der Waals surface area (Å²) in [4.78, 5) is 53.0. The first kappa shape index (κ1) is 40.9. The van der Waals surface area contributed by atoms with Gasteiger partial charge in [0, 0.05) is 97.4 Å². The van der Waals surface area contributed by atoms with Gasteiger partial charge in [-0.3, -0.25) is 19.4 Å². The van der Waals surface area contributed by atoms with Gasteiger partial charge in [-0.2, -0.15) is 0 Å². The van der Waals surface area contributed by atoms with E-state index in [1.807, 2.05) is 44.0 Å². The molecule has 9 rings (SSSR count). The van der Waals surface area contributed by atoms with E-state index in [-0.39, 0.29) is 12.0 Å². The second kappa shape index (κ2) is 14.3. The van der Waals surface area contributed by atoms with E-state index in [1.54, 1.807) is 7.11 Å². The van der Waals surface area contributed by atoms with E-state index < -0.39 is 57.5 Å². The fourth-order valence-corrected chi connectivity index (χ4v) is 13.7. The number of rotatable bonds is 7. The fraction of sp³-hybridized carbons (Fsp3) is 0.596. The summed E-state index contributed by atoms with van der Waals surface area (Å²) in [6, 6.07) is 11.1. The first-order valence-electron chi connectivity index (χ1n) is 21.7. The number of nitrogens with one attached hydrogen (secondary N) is 1. The van der Waals surface area contributed by atoms with E-state index in [2.05, 4.69) is 45.1 Å². The Morgan fingerprint density at radius 2 is 1.72 bits per heavy atom. The highest BCUT2D eigenvalue weighted by Gasteiger charge is 2.80. The van der Waals surface area contributed by atoms with E-state index >= 15 is 4.79 Å². The van der Waals surface area contributed by atoms with E-state index in [4.69, 9.17) is 18.9 Å². The van der Waals surface area contributed by atoms with Crippen LogP contribution in [-0.4, -0.2) is 133 Å². The van der Waals surface area contributed by atoms with Gasteiger partial charge in [0.15, 0.2) is 6.10 Å². The molecule has 0 radical (unpaired) electrons. The molecule has 2 bridgehead atoms. The number of hydrogen-bond donors (Lipinski definition) is 3. The largest absolute Gasteiger partial charge is 0.496 e. The molecule has 60 heavy (non-hydrogen) atoms. The van der Waals surface area contributed by atoms with Crippen molar-refractivity contribution in [2.45, 2.75) is 106 Å². The molecule has 1 unspecified atom stereocenters. The Labute approximate surface area is 352 Å². The summed E-state index contributed by atoms with van der Waals surface area (Å²) in [7, 11) is 6.18. The standard InChI is InChI=1S/C47H60N4O9/c1-8-43(55)23-29-24-45(41(53)58-6,25-35-31(15-19-50(26-29)27-43)30-13-10-11-14-34(30)48-35)33-21-32-36(22-37(33)57-5)49(4)39-46(32)17-20-51-18-12-16-44(9-2,38(46)51)40(60-28(3)52)47(39,56)42(54)59-7/h10-14,16,21-22,29,38-40,48,55-56H,8-9,15,17-20,23-27H2,1-7H3/t29-,38-,39+,40+,43-,44+,45+,46+,47-/m0/s1. The second-order valence-electron chi connectivity index (χ2n) is 18.7. The summed E-state index contributed by atoms with van der Waals surface area (Å²) in [5.74, 6) is -1.46. The zero-order chi connectivity index (χ0) is 42.6. The first-order valence-corrected chi connectivity index (χ1v) is 21.7. The van der Waals surface area contributed by atoms with Crippen molar-refractivity contribution in [1.29, 1.82) is 0 Å². The molecule has 0 amide bonds. The molecule has 13 nitrogen and oxygen atoms in total. The number of likely N-dealkylation sites (N-methyl/N-ethyl adjacent to an activating group) is 1. The Balaban J connectivity index is 1.33. The maximum atomic E-state index is 15.2. The molecule has 1 aliphatic carbocycles. The number of benzene rings is 2. The third-order valence-corrected chi connectivity index (χ3v) is 15.9. The summed E-state index contributed by atoms with van der Waals surface area (Å²) >= 11 is 0. The van der Waals surface area contributed by atoms with E-state index in [9.17, 15) is 19.8 Å². The van der Waals surface area contributed by atoms with Crippen molar-refractivity contribution in [2.24, 2.45) is 11.3 Å². The van der Waals surface area contributed by atoms with Crippen LogP contribution in [0, 0.1) is 11.3 Å². The maximum Gasteiger partial charge on any atom is 0.344 e. The fourth-order valence-electron chi connectivity index (χ4n) is 13.7. The topological polar surface area (TPSA) is 154 Å². The van der Waals surface area contributed by atoms with Crippen LogP contribution in [-0.2, 0) is 52.3 Å². The van der Waals surface area contributed by atoms with Gasteiger partial charge in [-0.25, -0.2) is 4.79 Å². The van der Waals surface area contributed by atoms with Crippen LogP contribution < -0.4 is 9.64 Å². The highest BCUT2D eigenvalue weighted by atomic mass is 16.6. The van der Waals surface area contributed by atoms with Gasteiger partial charge >= 0.3 is 17.9 Å². The van der Waals surface area contributed by atoms with Crippen LogP contribution in [0.15, 0.2) is 48.6 Å². The summed E-state index contributed by atoms with van der Waals surface area (Å²) in [6.45, 7) is 8.73. The van der Waals surface area contributed by atoms with Gasteiger partial charge in [-0.15, -0.1) is 0 Å². The van der Waals surface area contributed by atoms with Crippen molar-refractivity contribution >= 4 is 34.5 Å². The lowest BCUT2D eigenvalue weighted by molar-refractivity contribution is -0.228. The number of anilines is 1. The van der Waals surface area contributed by atoms with Gasteiger partial charge in [-0.1, -0.05) is 44.2 Å². The van der Waals surface area contributed by atoms with Crippen LogP contribution >= 0.6 is 0 Å². The summed E-state index contributed by atoms with van der Waals surface area (Å²) in [5.41, 5.74) is -0.982. The van der Waals surface area contributed by atoms with E-state index in [0.717, 1.165) is 46.4 Å². The Kier molecular flexibility index (Phi) is 9.77. The van der Waals surface area contributed by atoms with Crippen molar-refractivity contribution in [3.8, 4) is 5.75 Å². The number of piperidine rings is 1. The molecule has 6 aliphatic rings. The molecule has 2 saturated heterocycles. The number of aromatic amines is 1. The third kappa shape index (κ3) is 5.47. The number of para-hydroxylation sites is 1. The number of esters is 3. The Morgan fingerprint density at radius 1 is 0.950 bits per heavy atom. The van der Waals surface area contributed by atoms with Crippen LogP contribution in [0.1, 0.15) is 75.3 Å². The van der Waals surface area contributed by atoms with Gasteiger partial charge in [0.05, 0.1) is 33.0 Å². The Bertz CT molecular complexity index is 2270. The predicted molar refractivity (Wildman–Crippen MR) is 225 cm³/mol. The number of aliphatic hydroxyl groups is 2.